The standard InChI is InChI=1S/C15H17ClF2N2O4S/c16-11-5-9(20-4-3-15(17,18)8-20)1-2-13(11)25(23,24)10-6-12(14(21)22)19-7-10/h1-2,5,10,12,19H,3-4,6-8H2,(H,21,22)/t10-,12+/m1/s1. The summed E-state index contributed by atoms with van der Waals surface area (Å²) < 4.78 is 52.1. The highest BCUT2D eigenvalue weighted by atomic mass is 35.5. The number of nitrogens with zero attached hydrogens (tertiary/aromatic N) is 1. The first-order chi connectivity index (χ1) is 11.6. The molecule has 25 heavy (non-hydrogen) atoms. The van der Waals surface area contributed by atoms with Crippen molar-refractivity contribution in [1.82, 2.24) is 5.32 Å². The van der Waals surface area contributed by atoms with Crippen LogP contribution in [0.2, 0.25) is 5.02 Å². The molecule has 3 rings (SSSR count). The minimum atomic E-state index is -3.82. The predicted octanol–water partition coefficient (Wildman–Crippen LogP) is 1.77. The lowest BCUT2D eigenvalue weighted by Gasteiger charge is -2.20. The average Bonchev–Trinajstić information content (AvgIpc) is 3.13. The Labute approximate surface area is 148 Å². The zero-order valence-electron chi connectivity index (χ0n) is 13.1. The van der Waals surface area contributed by atoms with Gasteiger partial charge in [-0.25, -0.2) is 17.2 Å². The van der Waals surface area contributed by atoms with Gasteiger partial charge in [-0.05, 0) is 24.6 Å². The van der Waals surface area contributed by atoms with Crippen LogP contribution in [0.4, 0.5) is 14.5 Å². The molecule has 0 radical (unpaired) electrons. The summed E-state index contributed by atoms with van der Waals surface area (Å²) in [6, 6.07) is 3.21. The Kier molecular flexibility index (Phi) is 4.67. The van der Waals surface area contributed by atoms with Gasteiger partial charge >= 0.3 is 5.97 Å². The lowest BCUT2D eigenvalue weighted by molar-refractivity contribution is -0.139. The summed E-state index contributed by atoms with van der Waals surface area (Å²) >= 11 is 6.11. The minimum Gasteiger partial charge on any atom is -0.480 e. The summed E-state index contributed by atoms with van der Waals surface area (Å²) in [5.41, 5.74) is 0.439. The molecule has 0 spiro atoms. The molecular weight excluding hydrogens is 378 g/mol. The number of carboxylic acid groups (broad SMARTS) is 1. The number of anilines is 1. The second-order valence-corrected chi connectivity index (χ2v) is 8.95. The van der Waals surface area contributed by atoms with Gasteiger partial charge in [-0.15, -0.1) is 0 Å². The van der Waals surface area contributed by atoms with Gasteiger partial charge in [0.1, 0.15) is 6.04 Å². The van der Waals surface area contributed by atoms with E-state index in [1.54, 1.807) is 0 Å². The summed E-state index contributed by atoms with van der Waals surface area (Å²) in [6.07, 6.45) is -0.302. The highest BCUT2D eigenvalue weighted by molar-refractivity contribution is 7.92. The predicted molar refractivity (Wildman–Crippen MR) is 88.2 cm³/mol. The number of carboxylic acids is 1. The molecular formula is C15H17ClF2N2O4S. The largest absolute Gasteiger partial charge is 0.480 e. The maximum atomic E-state index is 13.3. The zero-order chi connectivity index (χ0) is 18.4. The van der Waals surface area contributed by atoms with Gasteiger partial charge in [-0.1, -0.05) is 11.6 Å². The molecule has 2 heterocycles. The normalized spacial score (nSPS) is 26.1. The van der Waals surface area contributed by atoms with Crippen molar-refractivity contribution < 1.29 is 27.1 Å². The Morgan fingerprint density at radius 3 is 2.64 bits per heavy atom. The molecule has 0 saturated carbocycles. The Balaban J connectivity index is 1.82. The first-order valence-electron chi connectivity index (χ1n) is 7.72. The van der Waals surface area contributed by atoms with Crippen molar-refractivity contribution in [2.24, 2.45) is 0 Å². The molecule has 0 unspecified atom stereocenters. The molecule has 2 saturated heterocycles. The molecule has 138 valence electrons. The summed E-state index contributed by atoms with van der Waals surface area (Å²) in [6.45, 7) is -0.236. The molecule has 2 fully saturated rings. The van der Waals surface area contributed by atoms with Gasteiger partial charge in [0.05, 0.1) is 21.7 Å². The molecule has 0 bridgehead atoms. The van der Waals surface area contributed by atoms with Crippen LogP contribution in [0.15, 0.2) is 23.1 Å². The first kappa shape index (κ1) is 18.3. The van der Waals surface area contributed by atoms with Crippen molar-refractivity contribution >= 4 is 33.1 Å². The third-order valence-corrected chi connectivity index (χ3v) is 7.21. The highest BCUT2D eigenvalue weighted by Gasteiger charge is 2.40. The summed E-state index contributed by atoms with van der Waals surface area (Å²) in [4.78, 5) is 12.3. The van der Waals surface area contributed by atoms with Crippen molar-refractivity contribution in [2.75, 3.05) is 24.5 Å². The number of nitrogens with one attached hydrogen (secondary N) is 1. The van der Waals surface area contributed by atoms with Crippen LogP contribution in [0.5, 0.6) is 0 Å². The number of aliphatic carboxylic acids is 1. The van der Waals surface area contributed by atoms with E-state index in [4.69, 9.17) is 16.7 Å². The molecule has 10 heteroatoms. The van der Waals surface area contributed by atoms with Crippen LogP contribution in [0.25, 0.3) is 0 Å². The number of hydrogen-bond acceptors (Lipinski definition) is 5. The minimum absolute atomic E-state index is 0.0235. The maximum absolute atomic E-state index is 13.3. The number of carbonyl (C=O) groups is 1. The fourth-order valence-corrected chi connectivity index (χ4v) is 5.39. The molecule has 2 N–H and O–H groups in total. The van der Waals surface area contributed by atoms with Gasteiger partial charge in [0.15, 0.2) is 9.84 Å². The van der Waals surface area contributed by atoms with Crippen molar-refractivity contribution in [3.05, 3.63) is 23.2 Å². The monoisotopic (exact) mass is 394 g/mol. The second kappa shape index (κ2) is 6.37. The second-order valence-electron chi connectivity index (χ2n) is 6.34. The van der Waals surface area contributed by atoms with Crippen molar-refractivity contribution in [2.45, 2.75) is 35.0 Å². The number of benzene rings is 1. The molecule has 1 aromatic carbocycles. The molecule has 0 aromatic heterocycles. The van der Waals surface area contributed by atoms with Crippen molar-refractivity contribution in [1.29, 1.82) is 0 Å². The fraction of sp³-hybridized carbons (Fsp3) is 0.533. The quantitative estimate of drug-likeness (QED) is 0.809. The number of sulfone groups is 1. The van der Waals surface area contributed by atoms with E-state index in [1.807, 2.05) is 0 Å². The Hall–Kier alpha value is -1.45. The van der Waals surface area contributed by atoms with Crippen molar-refractivity contribution in [3.8, 4) is 0 Å². The molecule has 6 nitrogen and oxygen atoms in total. The van der Waals surface area contributed by atoms with Gasteiger partial charge in [-0.3, -0.25) is 4.79 Å². The number of hydrogen-bond donors (Lipinski definition) is 2. The highest BCUT2D eigenvalue weighted by Crippen LogP contribution is 2.35. The van der Waals surface area contributed by atoms with E-state index in [0.29, 0.717) is 5.69 Å². The third kappa shape index (κ3) is 3.58. The fourth-order valence-electron chi connectivity index (χ4n) is 3.18. The van der Waals surface area contributed by atoms with E-state index < -0.39 is 39.6 Å². The van der Waals surface area contributed by atoms with Crippen molar-refractivity contribution in [3.63, 3.8) is 0 Å². The van der Waals surface area contributed by atoms with Gasteiger partial charge in [-0.2, -0.15) is 0 Å². The lowest BCUT2D eigenvalue weighted by Crippen LogP contribution is -2.30. The summed E-state index contributed by atoms with van der Waals surface area (Å²) in [5, 5.41) is 10.7. The number of rotatable bonds is 4. The molecule has 2 aliphatic rings. The molecule has 2 atom stereocenters. The lowest BCUT2D eigenvalue weighted by atomic mass is 10.2. The van der Waals surface area contributed by atoms with E-state index in [9.17, 15) is 22.0 Å². The Bertz CT molecular complexity index is 803. The zero-order valence-corrected chi connectivity index (χ0v) is 14.7. The van der Waals surface area contributed by atoms with E-state index in [-0.39, 0.29) is 35.8 Å². The van der Waals surface area contributed by atoms with Crippen LogP contribution >= 0.6 is 11.6 Å². The average molecular weight is 395 g/mol. The molecule has 0 aliphatic carbocycles. The van der Waals surface area contributed by atoms with E-state index in [1.165, 1.54) is 23.1 Å². The Morgan fingerprint density at radius 1 is 1.40 bits per heavy atom. The first-order valence-corrected chi connectivity index (χ1v) is 9.65. The molecule has 1 aromatic rings. The van der Waals surface area contributed by atoms with E-state index in [2.05, 4.69) is 5.32 Å². The van der Waals surface area contributed by atoms with Crippen LogP contribution in [-0.2, 0) is 14.6 Å². The van der Waals surface area contributed by atoms with Gasteiger partial charge in [0.2, 0.25) is 0 Å². The number of alkyl halides is 2. The topological polar surface area (TPSA) is 86.7 Å². The summed E-state index contributed by atoms with van der Waals surface area (Å²) in [7, 11) is -3.82. The van der Waals surface area contributed by atoms with Crippen LogP contribution in [-0.4, -0.2) is 56.3 Å². The van der Waals surface area contributed by atoms with Crippen LogP contribution in [0, 0.1) is 0 Å². The van der Waals surface area contributed by atoms with Gasteiger partial charge < -0.3 is 15.3 Å². The third-order valence-electron chi connectivity index (χ3n) is 4.58. The van der Waals surface area contributed by atoms with Crippen LogP contribution in [0.3, 0.4) is 0 Å². The van der Waals surface area contributed by atoms with Gasteiger partial charge in [0.25, 0.3) is 5.92 Å². The van der Waals surface area contributed by atoms with E-state index in [0.717, 1.165) is 0 Å². The van der Waals surface area contributed by atoms with Gasteiger partial charge in [0, 0.05) is 25.2 Å². The van der Waals surface area contributed by atoms with E-state index >= 15 is 0 Å². The molecule has 2 aliphatic heterocycles. The van der Waals surface area contributed by atoms with Crippen LogP contribution < -0.4 is 10.2 Å². The maximum Gasteiger partial charge on any atom is 0.320 e. The smallest absolute Gasteiger partial charge is 0.320 e. The Morgan fingerprint density at radius 2 is 2.12 bits per heavy atom. The molecule has 0 amide bonds. The summed E-state index contributed by atoms with van der Waals surface area (Å²) in [5.74, 6) is -3.87. The SMILES string of the molecule is O=C(O)[C@@H]1C[C@@H](S(=O)(=O)c2ccc(N3CCC(F)(F)C3)cc2Cl)CN1. The number of halogens is 3. The van der Waals surface area contributed by atoms with Crippen LogP contribution in [0.1, 0.15) is 12.8 Å².